The number of aryl methyl sites for hydroxylation is 1. The van der Waals surface area contributed by atoms with E-state index < -0.39 is 11.7 Å². The maximum Gasteiger partial charge on any atom is 0.416 e. The normalized spacial score (nSPS) is 11.1. The highest BCUT2D eigenvalue weighted by Gasteiger charge is 2.31. The second kappa shape index (κ2) is 7.26. The maximum absolute atomic E-state index is 13.0. The molecule has 0 fully saturated rings. The lowest BCUT2D eigenvalue weighted by molar-refractivity contribution is -0.137. The number of nitrogens with zero attached hydrogens (tertiary/aromatic N) is 4. The minimum atomic E-state index is -4.45. The zero-order chi connectivity index (χ0) is 18.6. The Morgan fingerprint density at radius 1 is 1.28 bits per heavy atom. The molecule has 0 bridgehead atoms. The molecule has 2 heterocycles. The number of halogens is 3. The molecule has 0 aliphatic carbocycles. The summed E-state index contributed by atoms with van der Waals surface area (Å²) in [5.41, 5.74) is 6.50. The molecule has 0 unspecified atom stereocenters. The minimum absolute atomic E-state index is 0.00484. The number of alkyl halides is 3. The van der Waals surface area contributed by atoms with Crippen LogP contribution in [0.4, 0.5) is 13.2 Å². The van der Waals surface area contributed by atoms with Crippen molar-refractivity contribution in [2.24, 2.45) is 12.8 Å². The van der Waals surface area contributed by atoms with Crippen LogP contribution >= 0.6 is 0 Å². The standard InChI is InChI=1S/C14H12F3N5.CH2O2/c1-22-7-20-11-6-19-12(21-13(11)22)9-2-8(5-18)3-10(4-9)14(15,16)17;2-1-3/h2-4,6-7H,5,18H2,1H3;1H,(H,2,3). The van der Waals surface area contributed by atoms with Crippen molar-refractivity contribution in [2.45, 2.75) is 12.7 Å². The monoisotopic (exact) mass is 353 g/mol. The number of carboxylic acid groups (broad SMARTS) is 1. The summed E-state index contributed by atoms with van der Waals surface area (Å²) in [5.74, 6) is 0.205. The summed E-state index contributed by atoms with van der Waals surface area (Å²) in [6, 6.07) is 3.62. The topological polar surface area (TPSA) is 107 Å². The van der Waals surface area contributed by atoms with Crippen molar-refractivity contribution in [3.8, 4) is 11.4 Å². The van der Waals surface area contributed by atoms with E-state index in [1.165, 1.54) is 6.20 Å². The molecule has 0 saturated heterocycles. The predicted octanol–water partition coefficient (Wildman–Crippen LogP) is 2.21. The summed E-state index contributed by atoms with van der Waals surface area (Å²) in [6.45, 7) is -0.245. The molecule has 0 radical (unpaired) electrons. The molecule has 3 aromatic rings. The highest BCUT2D eigenvalue weighted by molar-refractivity contribution is 5.72. The predicted molar refractivity (Wildman–Crippen MR) is 83.3 cm³/mol. The number of imidazole rings is 1. The van der Waals surface area contributed by atoms with Gasteiger partial charge in [-0.25, -0.2) is 15.0 Å². The van der Waals surface area contributed by atoms with Crippen molar-refractivity contribution in [3.63, 3.8) is 0 Å². The molecule has 3 N–H and O–H groups in total. The van der Waals surface area contributed by atoms with Gasteiger partial charge in [-0.15, -0.1) is 0 Å². The molecule has 0 aliphatic rings. The van der Waals surface area contributed by atoms with E-state index >= 15 is 0 Å². The number of fused-ring (bicyclic) bond motifs is 1. The van der Waals surface area contributed by atoms with Gasteiger partial charge in [-0.1, -0.05) is 0 Å². The number of carbonyl (C=O) groups is 1. The van der Waals surface area contributed by atoms with E-state index in [1.807, 2.05) is 0 Å². The van der Waals surface area contributed by atoms with E-state index in [4.69, 9.17) is 15.6 Å². The molecule has 0 spiro atoms. The summed E-state index contributed by atoms with van der Waals surface area (Å²) in [6.07, 6.45) is -1.39. The Labute approximate surface area is 140 Å². The summed E-state index contributed by atoms with van der Waals surface area (Å²) < 4.78 is 40.6. The van der Waals surface area contributed by atoms with Crippen LogP contribution in [0.3, 0.4) is 0 Å². The molecule has 2 aromatic heterocycles. The van der Waals surface area contributed by atoms with Crippen LogP contribution < -0.4 is 5.73 Å². The van der Waals surface area contributed by atoms with Crippen molar-refractivity contribution in [1.82, 2.24) is 19.5 Å². The van der Waals surface area contributed by atoms with Crippen molar-refractivity contribution < 1.29 is 23.1 Å². The first-order chi connectivity index (χ1) is 11.8. The molecule has 10 heteroatoms. The molecule has 1 aromatic carbocycles. The van der Waals surface area contributed by atoms with E-state index in [9.17, 15) is 13.2 Å². The van der Waals surface area contributed by atoms with Gasteiger partial charge in [0, 0.05) is 19.2 Å². The molecule has 25 heavy (non-hydrogen) atoms. The molecule has 132 valence electrons. The van der Waals surface area contributed by atoms with E-state index in [2.05, 4.69) is 15.0 Å². The number of hydrogen-bond acceptors (Lipinski definition) is 5. The average Bonchev–Trinajstić information content (AvgIpc) is 2.95. The second-order valence-corrected chi connectivity index (χ2v) is 4.98. The van der Waals surface area contributed by atoms with Crippen LogP contribution in [-0.4, -0.2) is 31.1 Å². The molecule has 0 atom stereocenters. The third-order valence-corrected chi connectivity index (χ3v) is 3.27. The lowest BCUT2D eigenvalue weighted by Crippen LogP contribution is -2.08. The zero-order valence-electron chi connectivity index (χ0n) is 13.0. The quantitative estimate of drug-likeness (QED) is 0.684. The Kier molecular flexibility index (Phi) is 5.32. The third-order valence-electron chi connectivity index (χ3n) is 3.27. The summed E-state index contributed by atoms with van der Waals surface area (Å²) in [5, 5.41) is 6.89. The average molecular weight is 353 g/mol. The van der Waals surface area contributed by atoms with Crippen molar-refractivity contribution in [3.05, 3.63) is 41.9 Å². The Hall–Kier alpha value is -3.01. The number of rotatable bonds is 2. The van der Waals surface area contributed by atoms with Gasteiger partial charge >= 0.3 is 6.18 Å². The number of nitrogens with two attached hydrogens (primary N) is 1. The molecule has 0 aliphatic heterocycles. The van der Waals surface area contributed by atoms with E-state index in [0.29, 0.717) is 16.7 Å². The van der Waals surface area contributed by atoms with Crippen LogP contribution in [0, 0.1) is 0 Å². The lowest BCUT2D eigenvalue weighted by Gasteiger charge is -2.11. The lowest BCUT2D eigenvalue weighted by atomic mass is 10.0. The van der Waals surface area contributed by atoms with Crippen LogP contribution in [-0.2, 0) is 24.6 Å². The van der Waals surface area contributed by atoms with Gasteiger partial charge < -0.3 is 15.4 Å². The van der Waals surface area contributed by atoms with Crippen LogP contribution in [0.15, 0.2) is 30.7 Å². The molecule has 0 saturated carbocycles. The first-order valence-electron chi connectivity index (χ1n) is 6.93. The first kappa shape index (κ1) is 18.3. The van der Waals surface area contributed by atoms with Gasteiger partial charge in [0.25, 0.3) is 6.47 Å². The van der Waals surface area contributed by atoms with Gasteiger partial charge in [0.15, 0.2) is 11.5 Å². The summed E-state index contributed by atoms with van der Waals surface area (Å²) in [7, 11) is 1.75. The smallest absolute Gasteiger partial charge is 0.416 e. The van der Waals surface area contributed by atoms with Crippen molar-refractivity contribution in [2.75, 3.05) is 0 Å². The first-order valence-corrected chi connectivity index (χ1v) is 6.93. The van der Waals surface area contributed by atoms with Gasteiger partial charge in [-0.2, -0.15) is 13.2 Å². The number of hydrogen-bond donors (Lipinski definition) is 2. The van der Waals surface area contributed by atoms with E-state index in [1.54, 1.807) is 24.0 Å². The largest absolute Gasteiger partial charge is 0.483 e. The van der Waals surface area contributed by atoms with Gasteiger partial charge in [0.1, 0.15) is 5.52 Å². The number of aromatic nitrogens is 4. The Morgan fingerprint density at radius 2 is 1.96 bits per heavy atom. The molecular formula is C15H14F3N5O2. The third kappa shape index (κ3) is 4.10. The van der Waals surface area contributed by atoms with Crippen LogP contribution in [0.25, 0.3) is 22.6 Å². The molecular weight excluding hydrogens is 339 g/mol. The maximum atomic E-state index is 13.0. The SMILES string of the molecule is Cn1cnc2cnc(-c3cc(CN)cc(C(F)(F)F)c3)nc21.O=CO. The number of benzene rings is 1. The highest BCUT2D eigenvalue weighted by Crippen LogP contribution is 2.32. The van der Waals surface area contributed by atoms with Gasteiger partial charge in [0.2, 0.25) is 0 Å². The van der Waals surface area contributed by atoms with Gasteiger partial charge in [-0.05, 0) is 23.8 Å². The van der Waals surface area contributed by atoms with Crippen LogP contribution in [0.1, 0.15) is 11.1 Å². The molecule has 3 rings (SSSR count). The minimum Gasteiger partial charge on any atom is -0.483 e. The second-order valence-electron chi connectivity index (χ2n) is 4.98. The summed E-state index contributed by atoms with van der Waals surface area (Å²) in [4.78, 5) is 20.8. The zero-order valence-corrected chi connectivity index (χ0v) is 13.0. The van der Waals surface area contributed by atoms with Gasteiger partial charge in [0.05, 0.1) is 18.1 Å². The Morgan fingerprint density at radius 3 is 2.56 bits per heavy atom. The molecule has 7 nitrogen and oxygen atoms in total. The van der Waals surface area contributed by atoms with E-state index in [-0.39, 0.29) is 24.4 Å². The van der Waals surface area contributed by atoms with Crippen molar-refractivity contribution >= 4 is 17.6 Å². The molecule has 0 amide bonds. The fourth-order valence-corrected chi connectivity index (χ4v) is 2.16. The van der Waals surface area contributed by atoms with Crippen LogP contribution in [0.2, 0.25) is 0 Å². The van der Waals surface area contributed by atoms with E-state index in [0.717, 1.165) is 12.1 Å². The fraction of sp³-hybridized carbons (Fsp3) is 0.200. The Bertz CT molecular complexity index is 892. The Balaban J connectivity index is 0.000000701. The van der Waals surface area contributed by atoms with Crippen LogP contribution in [0.5, 0.6) is 0 Å². The highest BCUT2D eigenvalue weighted by atomic mass is 19.4. The van der Waals surface area contributed by atoms with Crippen molar-refractivity contribution in [1.29, 1.82) is 0 Å². The van der Waals surface area contributed by atoms with Gasteiger partial charge in [-0.3, -0.25) is 4.79 Å². The fourth-order valence-electron chi connectivity index (χ4n) is 2.16. The summed E-state index contributed by atoms with van der Waals surface area (Å²) >= 11 is 0.